The van der Waals surface area contributed by atoms with E-state index in [4.69, 9.17) is 10.5 Å². The minimum atomic E-state index is -0.530. The highest BCUT2D eigenvalue weighted by atomic mass is 16.5. The number of carbonyl (C=O) groups excluding carboxylic acids is 2. The number of carbonyl (C=O) groups is 2. The zero-order chi connectivity index (χ0) is 23.9. The van der Waals surface area contributed by atoms with Crippen molar-refractivity contribution in [3.8, 4) is 5.75 Å². The summed E-state index contributed by atoms with van der Waals surface area (Å²) >= 11 is 0. The van der Waals surface area contributed by atoms with E-state index in [1.807, 2.05) is 29.2 Å². The van der Waals surface area contributed by atoms with E-state index in [0.717, 1.165) is 38.2 Å². The number of nitrogens with zero attached hydrogens (tertiary/aromatic N) is 2. The van der Waals surface area contributed by atoms with Crippen molar-refractivity contribution < 1.29 is 14.3 Å². The molecule has 176 valence electrons. The summed E-state index contributed by atoms with van der Waals surface area (Å²) in [5, 5.41) is 0. The van der Waals surface area contributed by atoms with Gasteiger partial charge < -0.3 is 15.4 Å². The number of rotatable bonds is 7. The number of primary amides is 1. The summed E-state index contributed by atoms with van der Waals surface area (Å²) in [7, 11) is 0. The van der Waals surface area contributed by atoms with Crippen molar-refractivity contribution in [1.29, 1.82) is 0 Å². The third-order valence-electron chi connectivity index (χ3n) is 6.25. The van der Waals surface area contributed by atoms with Gasteiger partial charge in [-0.25, -0.2) is 0 Å². The number of aryl methyl sites for hydroxylation is 1. The Morgan fingerprint density at radius 2 is 1.71 bits per heavy atom. The van der Waals surface area contributed by atoms with Gasteiger partial charge in [-0.3, -0.25) is 14.5 Å². The van der Waals surface area contributed by atoms with Crippen molar-refractivity contribution in [1.82, 2.24) is 9.80 Å². The van der Waals surface area contributed by atoms with Crippen molar-refractivity contribution >= 4 is 11.8 Å². The molecule has 2 N–H and O–H groups in total. The highest BCUT2D eigenvalue weighted by molar-refractivity contribution is 5.95. The van der Waals surface area contributed by atoms with Gasteiger partial charge in [0.05, 0.1) is 5.56 Å². The van der Waals surface area contributed by atoms with Crippen LogP contribution >= 0.6 is 0 Å². The molecular weight excluding hydrogens is 426 g/mol. The van der Waals surface area contributed by atoms with Gasteiger partial charge >= 0.3 is 0 Å². The average molecular weight is 458 g/mol. The lowest BCUT2D eigenvalue weighted by Crippen LogP contribution is -2.35. The van der Waals surface area contributed by atoms with Crippen molar-refractivity contribution in [3.05, 3.63) is 101 Å². The van der Waals surface area contributed by atoms with Crippen LogP contribution in [-0.2, 0) is 13.2 Å². The second-order valence-electron chi connectivity index (χ2n) is 8.70. The molecule has 0 aliphatic carbocycles. The smallest absolute Gasteiger partial charge is 0.253 e. The fourth-order valence-corrected chi connectivity index (χ4v) is 4.29. The van der Waals surface area contributed by atoms with Gasteiger partial charge in [-0.2, -0.15) is 0 Å². The van der Waals surface area contributed by atoms with Crippen LogP contribution in [0.5, 0.6) is 5.75 Å². The van der Waals surface area contributed by atoms with Gasteiger partial charge in [0.1, 0.15) is 12.4 Å². The molecule has 0 spiro atoms. The quantitative estimate of drug-likeness (QED) is 0.581. The fourth-order valence-electron chi connectivity index (χ4n) is 4.29. The van der Waals surface area contributed by atoms with E-state index in [-0.39, 0.29) is 12.5 Å². The zero-order valence-corrected chi connectivity index (χ0v) is 19.6. The van der Waals surface area contributed by atoms with Crippen molar-refractivity contribution in [2.45, 2.75) is 26.5 Å². The van der Waals surface area contributed by atoms with Crippen LogP contribution in [0.4, 0.5) is 0 Å². The maximum absolute atomic E-state index is 13.2. The first-order valence-corrected chi connectivity index (χ1v) is 11.7. The van der Waals surface area contributed by atoms with Crippen LogP contribution in [-0.4, -0.2) is 47.8 Å². The second-order valence-corrected chi connectivity index (χ2v) is 8.70. The van der Waals surface area contributed by atoms with E-state index < -0.39 is 5.91 Å². The summed E-state index contributed by atoms with van der Waals surface area (Å²) in [6.07, 6.45) is 0.949. The van der Waals surface area contributed by atoms with E-state index >= 15 is 0 Å². The lowest BCUT2D eigenvalue weighted by atomic mass is 10.1. The van der Waals surface area contributed by atoms with Crippen LogP contribution in [0.3, 0.4) is 0 Å². The van der Waals surface area contributed by atoms with Crippen LogP contribution in [0, 0.1) is 6.92 Å². The van der Waals surface area contributed by atoms with Crippen molar-refractivity contribution in [2.24, 2.45) is 5.73 Å². The van der Waals surface area contributed by atoms with E-state index in [1.165, 1.54) is 11.1 Å². The zero-order valence-electron chi connectivity index (χ0n) is 19.6. The van der Waals surface area contributed by atoms with Crippen molar-refractivity contribution in [3.63, 3.8) is 0 Å². The lowest BCUT2D eigenvalue weighted by Gasteiger charge is -2.23. The summed E-state index contributed by atoms with van der Waals surface area (Å²) < 4.78 is 5.83. The normalized spacial score (nSPS) is 14.4. The van der Waals surface area contributed by atoms with E-state index in [0.29, 0.717) is 23.4 Å². The lowest BCUT2D eigenvalue weighted by molar-refractivity contribution is 0.0760. The number of hydrogen-bond donors (Lipinski definition) is 1. The molecule has 1 saturated heterocycles. The molecule has 0 bridgehead atoms. The highest BCUT2D eigenvalue weighted by Gasteiger charge is 2.21. The molecule has 1 heterocycles. The van der Waals surface area contributed by atoms with Crippen LogP contribution in [0.25, 0.3) is 0 Å². The van der Waals surface area contributed by atoms with Crippen LogP contribution in [0.1, 0.15) is 43.8 Å². The first-order chi connectivity index (χ1) is 16.5. The molecule has 2 amide bonds. The number of benzene rings is 3. The molecule has 0 radical (unpaired) electrons. The maximum atomic E-state index is 13.2. The monoisotopic (exact) mass is 457 g/mol. The Labute approximate surface area is 200 Å². The molecule has 3 aromatic rings. The summed E-state index contributed by atoms with van der Waals surface area (Å²) in [4.78, 5) is 29.2. The topological polar surface area (TPSA) is 75.9 Å². The summed E-state index contributed by atoms with van der Waals surface area (Å²) in [5.41, 5.74) is 9.93. The van der Waals surface area contributed by atoms with Gasteiger partial charge in [0.25, 0.3) is 11.8 Å². The Morgan fingerprint density at radius 3 is 2.53 bits per heavy atom. The van der Waals surface area contributed by atoms with Gasteiger partial charge in [0.15, 0.2) is 0 Å². The molecule has 0 aromatic heterocycles. The van der Waals surface area contributed by atoms with Crippen LogP contribution < -0.4 is 10.5 Å². The molecule has 0 unspecified atom stereocenters. The van der Waals surface area contributed by atoms with Crippen LogP contribution in [0.2, 0.25) is 0 Å². The largest absolute Gasteiger partial charge is 0.488 e. The molecule has 0 atom stereocenters. The Morgan fingerprint density at radius 1 is 0.912 bits per heavy atom. The SMILES string of the molecule is Cc1ccccc1CN1CCCN(C(=O)c2cccc(COc3ccccc3C(N)=O)c2)CC1. The predicted octanol–water partition coefficient (Wildman–Crippen LogP) is 4.02. The Kier molecular flexibility index (Phi) is 7.60. The van der Waals surface area contributed by atoms with E-state index in [9.17, 15) is 9.59 Å². The highest BCUT2D eigenvalue weighted by Crippen LogP contribution is 2.20. The molecule has 1 aliphatic rings. The Hall–Kier alpha value is -3.64. The van der Waals surface area contributed by atoms with Crippen LogP contribution in [0.15, 0.2) is 72.8 Å². The third-order valence-corrected chi connectivity index (χ3v) is 6.25. The Balaban J connectivity index is 1.37. The summed E-state index contributed by atoms with van der Waals surface area (Å²) in [6, 6.07) is 22.9. The van der Waals surface area contributed by atoms with E-state index in [2.05, 4.69) is 36.1 Å². The first-order valence-electron chi connectivity index (χ1n) is 11.7. The standard InChI is InChI=1S/C28H31N3O3/c1-21-8-2-3-10-24(21)19-30-14-7-15-31(17-16-30)28(33)23-11-6-9-22(18-23)20-34-26-13-5-4-12-25(26)27(29)32/h2-6,8-13,18H,7,14-17,19-20H2,1H3,(H2,29,32). The third kappa shape index (κ3) is 5.83. The number of hydrogen-bond acceptors (Lipinski definition) is 4. The molecule has 1 fully saturated rings. The first kappa shape index (κ1) is 23.5. The molecular formula is C28H31N3O3. The molecule has 0 saturated carbocycles. The maximum Gasteiger partial charge on any atom is 0.253 e. The van der Waals surface area contributed by atoms with E-state index in [1.54, 1.807) is 24.3 Å². The summed E-state index contributed by atoms with van der Waals surface area (Å²) in [5.74, 6) is -0.0534. The molecule has 34 heavy (non-hydrogen) atoms. The molecule has 1 aliphatic heterocycles. The minimum absolute atomic E-state index is 0.0390. The fraction of sp³-hybridized carbons (Fsp3) is 0.286. The van der Waals surface area contributed by atoms with Crippen molar-refractivity contribution in [2.75, 3.05) is 26.2 Å². The summed E-state index contributed by atoms with van der Waals surface area (Å²) in [6.45, 7) is 6.58. The molecule has 4 rings (SSSR count). The predicted molar refractivity (Wildman–Crippen MR) is 133 cm³/mol. The molecule has 6 heteroatoms. The number of para-hydroxylation sites is 1. The Bertz CT molecular complexity index is 1160. The average Bonchev–Trinajstić information content (AvgIpc) is 3.09. The molecule has 3 aromatic carbocycles. The van der Waals surface area contributed by atoms with Gasteiger partial charge in [-0.05, 0) is 54.3 Å². The second kappa shape index (κ2) is 11.0. The van der Waals surface area contributed by atoms with Gasteiger partial charge in [0, 0.05) is 38.3 Å². The number of nitrogens with two attached hydrogens (primary N) is 1. The number of amides is 2. The molecule has 6 nitrogen and oxygen atoms in total. The van der Waals surface area contributed by atoms with Gasteiger partial charge in [0.2, 0.25) is 0 Å². The minimum Gasteiger partial charge on any atom is -0.488 e. The van der Waals surface area contributed by atoms with Gasteiger partial charge in [-0.15, -0.1) is 0 Å². The van der Waals surface area contributed by atoms with Gasteiger partial charge in [-0.1, -0.05) is 48.5 Å². The number of ether oxygens (including phenoxy) is 1.